The van der Waals surface area contributed by atoms with Crippen molar-refractivity contribution in [1.82, 2.24) is 15.2 Å². The van der Waals surface area contributed by atoms with Crippen molar-refractivity contribution in [2.45, 2.75) is 98.4 Å². The van der Waals surface area contributed by atoms with Crippen molar-refractivity contribution < 1.29 is 18.7 Å². The normalized spacial score (nSPS) is 17.5. The number of pyridine rings is 1. The van der Waals surface area contributed by atoms with E-state index < -0.39 is 17.3 Å². The Hall–Kier alpha value is -3.36. The van der Waals surface area contributed by atoms with E-state index in [1.165, 1.54) is 12.1 Å². The number of hydrogen-bond acceptors (Lipinski definition) is 5. The number of aromatic nitrogens is 1. The van der Waals surface area contributed by atoms with Gasteiger partial charge in [-0.3, -0.25) is 9.59 Å². The number of carbonyl (C=O) groups is 2. The summed E-state index contributed by atoms with van der Waals surface area (Å²) in [5.41, 5.74) is 2.87. The monoisotopic (exact) mass is 542 g/mol. The molecule has 2 amide bonds. The number of aryl methyl sites for hydroxylation is 2. The number of rotatable bonds is 7. The van der Waals surface area contributed by atoms with Crippen molar-refractivity contribution in [3.05, 3.63) is 62.3 Å². The Balaban J connectivity index is 1.74. The largest absolute Gasteiger partial charge is 0.444 e. The molecule has 0 unspecified atom stereocenters. The van der Waals surface area contributed by atoms with Gasteiger partial charge in [0.05, 0.1) is 0 Å². The third-order valence-electron chi connectivity index (χ3n) is 7.50. The Morgan fingerprint density at radius 3 is 2.26 bits per heavy atom. The molecule has 0 spiro atoms. The fraction of sp³-hybridized carbons (Fsp3) is 0.567. The van der Waals surface area contributed by atoms with E-state index in [2.05, 4.69) is 15.2 Å². The molecule has 1 aromatic heterocycles. The van der Waals surface area contributed by atoms with Gasteiger partial charge in [0.2, 0.25) is 0 Å². The van der Waals surface area contributed by atoms with Crippen LogP contribution in [0.1, 0.15) is 86.1 Å². The fourth-order valence-corrected chi connectivity index (χ4v) is 5.43. The number of halogens is 1. The zero-order valence-corrected chi connectivity index (χ0v) is 24.5. The van der Waals surface area contributed by atoms with Crippen LogP contribution in [0, 0.1) is 26.6 Å². The first-order chi connectivity index (χ1) is 18.2. The van der Waals surface area contributed by atoms with Gasteiger partial charge in [0, 0.05) is 54.7 Å². The number of ether oxygens (including phenoxy) is 1. The number of H-pyrrole nitrogens is 1. The molecule has 1 heterocycles. The molecule has 0 aliphatic heterocycles. The number of amides is 2. The van der Waals surface area contributed by atoms with Crippen molar-refractivity contribution in [2.24, 2.45) is 0 Å². The first kappa shape index (κ1) is 30.2. The highest BCUT2D eigenvalue weighted by Crippen LogP contribution is 2.33. The predicted octanol–water partition coefficient (Wildman–Crippen LogP) is 5.37. The molecule has 1 saturated carbocycles. The molecule has 2 aromatic rings. The second-order valence-corrected chi connectivity index (χ2v) is 11.6. The third-order valence-corrected chi connectivity index (χ3v) is 7.50. The minimum atomic E-state index is -0.546. The predicted molar refractivity (Wildman–Crippen MR) is 152 cm³/mol. The average Bonchev–Trinajstić information content (AvgIpc) is 2.84. The van der Waals surface area contributed by atoms with Gasteiger partial charge in [0.25, 0.3) is 11.5 Å². The number of aromatic amines is 1. The summed E-state index contributed by atoms with van der Waals surface area (Å²) < 4.78 is 20.4. The molecule has 0 radical (unpaired) electrons. The van der Waals surface area contributed by atoms with Gasteiger partial charge >= 0.3 is 6.09 Å². The lowest BCUT2D eigenvalue weighted by atomic mass is 9.88. The van der Waals surface area contributed by atoms with Crippen molar-refractivity contribution >= 4 is 17.7 Å². The molecule has 8 nitrogen and oxygen atoms in total. The molecule has 0 atom stereocenters. The van der Waals surface area contributed by atoms with Crippen LogP contribution in [0.3, 0.4) is 0 Å². The molecule has 214 valence electrons. The number of hydrogen-bond donors (Lipinski definition) is 2. The standard InChI is InChI=1S/C30H43FN4O4/c1-9-35(23-12-10-22(11-13-23)34(8)29(38)39-30(5,6)7)26-16-21(31)15-24(20(26)4)27(36)32-17-25-18(2)14-19(3)33-28(25)37/h14-16,22-23H,9-13,17H2,1-8H3,(H,32,36)(H,33,37). The molecule has 1 fully saturated rings. The summed E-state index contributed by atoms with van der Waals surface area (Å²) in [5.74, 6) is -0.909. The van der Waals surface area contributed by atoms with Crippen LogP contribution in [-0.2, 0) is 11.3 Å². The Morgan fingerprint density at radius 1 is 1.08 bits per heavy atom. The van der Waals surface area contributed by atoms with Gasteiger partial charge in [-0.25, -0.2) is 9.18 Å². The second kappa shape index (κ2) is 12.2. The molecule has 9 heteroatoms. The van der Waals surface area contributed by atoms with Gasteiger partial charge in [-0.1, -0.05) is 0 Å². The molecule has 1 aromatic carbocycles. The van der Waals surface area contributed by atoms with Crippen molar-refractivity contribution in [1.29, 1.82) is 0 Å². The van der Waals surface area contributed by atoms with Crippen LogP contribution in [0.5, 0.6) is 0 Å². The van der Waals surface area contributed by atoms with Gasteiger partial charge in [-0.15, -0.1) is 0 Å². The second-order valence-electron chi connectivity index (χ2n) is 11.6. The van der Waals surface area contributed by atoms with Crippen LogP contribution >= 0.6 is 0 Å². The SMILES string of the molecule is CCN(c1cc(F)cc(C(=O)NCc2c(C)cc(C)[nH]c2=O)c1C)C1CCC(N(C)C(=O)OC(C)(C)C)CC1. The summed E-state index contributed by atoms with van der Waals surface area (Å²) in [5, 5.41) is 2.80. The fourth-order valence-electron chi connectivity index (χ4n) is 5.43. The summed E-state index contributed by atoms with van der Waals surface area (Å²) in [6.45, 7) is 13.8. The molecule has 1 aliphatic rings. The molecular formula is C30H43FN4O4. The maximum Gasteiger partial charge on any atom is 0.410 e. The van der Waals surface area contributed by atoms with E-state index in [4.69, 9.17) is 4.74 Å². The number of anilines is 1. The number of nitrogens with one attached hydrogen (secondary N) is 2. The minimum Gasteiger partial charge on any atom is -0.444 e. The van der Waals surface area contributed by atoms with Crippen LogP contribution in [0.4, 0.5) is 14.9 Å². The molecule has 2 N–H and O–H groups in total. The van der Waals surface area contributed by atoms with Crippen LogP contribution < -0.4 is 15.8 Å². The third kappa shape index (κ3) is 7.40. The Morgan fingerprint density at radius 2 is 1.69 bits per heavy atom. The van der Waals surface area contributed by atoms with Gasteiger partial charge in [-0.05, 0) is 103 Å². The molecule has 39 heavy (non-hydrogen) atoms. The zero-order valence-electron chi connectivity index (χ0n) is 24.5. The van der Waals surface area contributed by atoms with E-state index in [1.54, 1.807) is 18.9 Å². The molecule has 1 aliphatic carbocycles. The zero-order chi connectivity index (χ0) is 29.1. The highest BCUT2D eigenvalue weighted by atomic mass is 19.1. The quantitative estimate of drug-likeness (QED) is 0.490. The first-order valence-electron chi connectivity index (χ1n) is 13.7. The van der Waals surface area contributed by atoms with Crippen molar-refractivity contribution in [3.8, 4) is 0 Å². The summed E-state index contributed by atoms with van der Waals surface area (Å²) in [4.78, 5) is 44.6. The van der Waals surface area contributed by atoms with Crippen LogP contribution in [0.2, 0.25) is 0 Å². The van der Waals surface area contributed by atoms with E-state index in [0.29, 0.717) is 23.4 Å². The Labute approximate surface area is 230 Å². The lowest BCUT2D eigenvalue weighted by Gasteiger charge is -2.41. The summed E-state index contributed by atoms with van der Waals surface area (Å²) >= 11 is 0. The van der Waals surface area contributed by atoms with E-state index in [-0.39, 0.29) is 35.8 Å². The molecule has 0 saturated heterocycles. The van der Waals surface area contributed by atoms with Gasteiger partial charge in [0.15, 0.2) is 0 Å². The van der Waals surface area contributed by atoms with Crippen LogP contribution in [-0.4, -0.2) is 53.2 Å². The molecule has 3 rings (SSSR count). The van der Waals surface area contributed by atoms with E-state index in [1.807, 2.05) is 47.6 Å². The lowest BCUT2D eigenvalue weighted by Crippen LogP contribution is -2.46. The number of nitrogens with zero attached hydrogens (tertiary/aromatic N) is 2. The smallest absolute Gasteiger partial charge is 0.410 e. The van der Waals surface area contributed by atoms with Crippen LogP contribution in [0.25, 0.3) is 0 Å². The Bertz CT molecular complexity index is 1260. The maximum absolute atomic E-state index is 14.8. The first-order valence-corrected chi connectivity index (χ1v) is 13.7. The summed E-state index contributed by atoms with van der Waals surface area (Å²) in [7, 11) is 1.78. The Kier molecular flexibility index (Phi) is 9.46. The van der Waals surface area contributed by atoms with E-state index in [0.717, 1.165) is 36.9 Å². The molecular weight excluding hydrogens is 499 g/mol. The van der Waals surface area contributed by atoms with Crippen LogP contribution in [0.15, 0.2) is 23.0 Å². The summed E-state index contributed by atoms with van der Waals surface area (Å²) in [6, 6.07) is 4.83. The average molecular weight is 543 g/mol. The summed E-state index contributed by atoms with van der Waals surface area (Å²) in [6.07, 6.45) is 2.96. The maximum atomic E-state index is 14.8. The van der Waals surface area contributed by atoms with Crippen molar-refractivity contribution in [2.75, 3.05) is 18.5 Å². The van der Waals surface area contributed by atoms with E-state index in [9.17, 15) is 18.8 Å². The lowest BCUT2D eigenvalue weighted by molar-refractivity contribution is 0.0183. The van der Waals surface area contributed by atoms with Crippen molar-refractivity contribution in [3.63, 3.8) is 0 Å². The number of benzene rings is 1. The number of carbonyl (C=O) groups excluding carboxylic acids is 2. The topological polar surface area (TPSA) is 94.7 Å². The minimum absolute atomic E-state index is 0.0538. The van der Waals surface area contributed by atoms with E-state index >= 15 is 0 Å². The highest BCUT2D eigenvalue weighted by Gasteiger charge is 2.32. The highest BCUT2D eigenvalue weighted by molar-refractivity contribution is 5.97. The van der Waals surface area contributed by atoms with Gasteiger partial charge in [-0.2, -0.15) is 0 Å². The molecule has 0 bridgehead atoms. The van der Waals surface area contributed by atoms with Gasteiger partial charge < -0.3 is 24.8 Å². The van der Waals surface area contributed by atoms with Gasteiger partial charge in [0.1, 0.15) is 11.4 Å².